The number of benzene rings is 1. The standard InChI is InChI=1S/C20H21ClN4OS/c1-13(2)14-3-4-15-16(11-14)27-19(18(15)21)20(26)25-9-7-24(8-10-25)17-12-22-5-6-23-17/h3-6,11-13H,7-10H2,1-2H3. The molecule has 1 aromatic carbocycles. The minimum atomic E-state index is 0.0195. The highest BCUT2D eigenvalue weighted by atomic mass is 35.5. The molecule has 0 aliphatic carbocycles. The molecule has 2 aromatic heterocycles. The molecule has 1 aliphatic heterocycles. The number of hydrogen-bond acceptors (Lipinski definition) is 5. The van der Waals surface area contributed by atoms with Gasteiger partial charge >= 0.3 is 0 Å². The lowest BCUT2D eigenvalue weighted by Gasteiger charge is -2.35. The molecule has 0 N–H and O–H groups in total. The smallest absolute Gasteiger partial charge is 0.265 e. The van der Waals surface area contributed by atoms with E-state index in [1.54, 1.807) is 18.6 Å². The van der Waals surface area contributed by atoms with Crippen molar-refractivity contribution in [2.75, 3.05) is 31.1 Å². The summed E-state index contributed by atoms with van der Waals surface area (Å²) < 4.78 is 1.08. The van der Waals surface area contributed by atoms with E-state index in [-0.39, 0.29) is 5.91 Å². The number of anilines is 1. The Morgan fingerprint density at radius 2 is 1.96 bits per heavy atom. The molecule has 140 valence electrons. The van der Waals surface area contributed by atoms with Crippen molar-refractivity contribution in [2.45, 2.75) is 19.8 Å². The van der Waals surface area contributed by atoms with E-state index in [2.05, 4.69) is 40.8 Å². The van der Waals surface area contributed by atoms with Crippen LogP contribution in [-0.2, 0) is 0 Å². The molecular formula is C20H21ClN4OS. The van der Waals surface area contributed by atoms with Crippen molar-refractivity contribution in [3.63, 3.8) is 0 Å². The van der Waals surface area contributed by atoms with Crippen LogP contribution < -0.4 is 4.90 Å². The second kappa shape index (κ2) is 7.44. The van der Waals surface area contributed by atoms with Gasteiger partial charge in [0.1, 0.15) is 10.7 Å². The number of thiophene rings is 1. The molecule has 4 rings (SSSR count). The third-order valence-corrected chi connectivity index (χ3v) is 6.60. The van der Waals surface area contributed by atoms with E-state index in [0.717, 1.165) is 29.0 Å². The summed E-state index contributed by atoms with van der Waals surface area (Å²) in [6.45, 7) is 7.11. The highest BCUT2D eigenvalue weighted by molar-refractivity contribution is 7.21. The third kappa shape index (κ3) is 3.51. The van der Waals surface area contributed by atoms with Gasteiger partial charge in [0.05, 0.1) is 11.2 Å². The van der Waals surface area contributed by atoms with E-state index in [0.29, 0.717) is 28.9 Å². The Bertz CT molecular complexity index is 965. The van der Waals surface area contributed by atoms with Crippen LogP contribution in [0.4, 0.5) is 5.82 Å². The molecule has 27 heavy (non-hydrogen) atoms. The van der Waals surface area contributed by atoms with Crippen LogP contribution >= 0.6 is 22.9 Å². The zero-order chi connectivity index (χ0) is 19.0. The van der Waals surface area contributed by atoms with Gasteiger partial charge in [0.25, 0.3) is 5.91 Å². The SMILES string of the molecule is CC(C)c1ccc2c(Cl)c(C(=O)N3CCN(c4cnccn4)CC3)sc2c1. The highest BCUT2D eigenvalue weighted by Gasteiger charge is 2.26. The zero-order valence-electron chi connectivity index (χ0n) is 15.4. The van der Waals surface area contributed by atoms with Crippen LogP contribution in [0.5, 0.6) is 0 Å². The lowest BCUT2D eigenvalue weighted by molar-refractivity contribution is 0.0751. The van der Waals surface area contributed by atoms with Crippen LogP contribution in [0.25, 0.3) is 10.1 Å². The Hall–Kier alpha value is -2.18. The van der Waals surface area contributed by atoms with Gasteiger partial charge in [-0.2, -0.15) is 0 Å². The topological polar surface area (TPSA) is 49.3 Å². The van der Waals surface area contributed by atoms with Gasteiger partial charge in [-0.15, -0.1) is 11.3 Å². The molecule has 3 heterocycles. The molecular weight excluding hydrogens is 380 g/mol. The number of piperazine rings is 1. The van der Waals surface area contributed by atoms with E-state index in [1.165, 1.54) is 16.9 Å². The van der Waals surface area contributed by atoms with E-state index in [4.69, 9.17) is 11.6 Å². The van der Waals surface area contributed by atoms with Crippen LogP contribution in [0.1, 0.15) is 35.0 Å². The summed E-state index contributed by atoms with van der Waals surface area (Å²) in [4.78, 5) is 26.2. The van der Waals surface area contributed by atoms with Crippen LogP contribution in [0.15, 0.2) is 36.8 Å². The average molecular weight is 401 g/mol. The number of nitrogens with zero attached hydrogens (tertiary/aromatic N) is 4. The maximum Gasteiger partial charge on any atom is 0.265 e. The lowest BCUT2D eigenvalue weighted by Crippen LogP contribution is -2.49. The number of hydrogen-bond donors (Lipinski definition) is 0. The van der Waals surface area contributed by atoms with E-state index < -0.39 is 0 Å². The number of fused-ring (bicyclic) bond motifs is 1. The summed E-state index contributed by atoms with van der Waals surface area (Å²) in [6.07, 6.45) is 5.11. The number of rotatable bonds is 3. The fourth-order valence-electron chi connectivity index (χ4n) is 3.32. The average Bonchev–Trinajstić information content (AvgIpc) is 3.04. The lowest BCUT2D eigenvalue weighted by atomic mass is 10.0. The molecule has 0 radical (unpaired) electrons. The van der Waals surface area contributed by atoms with Crippen LogP contribution in [0.2, 0.25) is 5.02 Å². The van der Waals surface area contributed by atoms with Crippen molar-refractivity contribution in [3.8, 4) is 0 Å². The summed E-state index contributed by atoms with van der Waals surface area (Å²) in [5.41, 5.74) is 1.26. The Balaban J connectivity index is 1.52. The number of halogens is 1. The van der Waals surface area contributed by atoms with Crippen molar-refractivity contribution in [1.29, 1.82) is 0 Å². The first kappa shape index (κ1) is 18.2. The summed E-state index contributed by atoms with van der Waals surface area (Å²) in [5.74, 6) is 1.32. The molecule has 7 heteroatoms. The number of carbonyl (C=O) groups excluding carboxylic acids is 1. The van der Waals surface area contributed by atoms with Gasteiger partial charge in [0.2, 0.25) is 0 Å². The second-order valence-corrected chi connectivity index (χ2v) is 8.43. The Morgan fingerprint density at radius 1 is 1.19 bits per heavy atom. The normalized spacial score (nSPS) is 15.0. The summed E-state index contributed by atoms with van der Waals surface area (Å²) >= 11 is 8.06. The largest absolute Gasteiger partial charge is 0.352 e. The second-order valence-electron chi connectivity index (χ2n) is 7.00. The Kier molecular flexibility index (Phi) is 5.02. The van der Waals surface area contributed by atoms with E-state index in [1.807, 2.05) is 11.0 Å². The molecule has 1 amide bonds. The molecule has 1 aliphatic rings. The molecule has 1 fully saturated rings. The van der Waals surface area contributed by atoms with Crippen molar-refractivity contribution in [1.82, 2.24) is 14.9 Å². The van der Waals surface area contributed by atoms with Gasteiger partial charge in [-0.1, -0.05) is 37.6 Å². The molecule has 5 nitrogen and oxygen atoms in total. The Labute approximate surface area is 167 Å². The molecule has 0 atom stereocenters. The van der Waals surface area contributed by atoms with Gasteiger partial charge in [-0.25, -0.2) is 4.98 Å². The van der Waals surface area contributed by atoms with Crippen molar-refractivity contribution >= 4 is 44.7 Å². The number of amides is 1. The predicted molar refractivity (Wildman–Crippen MR) is 111 cm³/mol. The van der Waals surface area contributed by atoms with Gasteiger partial charge < -0.3 is 9.80 Å². The zero-order valence-corrected chi connectivity index (χ0v) is 16.9. The van der Waals surface area contributed by atoms with Gasteiger partial charge in [0.15, 0.2) is 0 Å². The molecule has 1 saturated heterocycles. The first-order valence-electron chi connectivity index (χ1n) is 9.07. The predicted octanol–water partition coefficient (Wildman–Crippen LogP) is 4.43. The minimum absolute atomic E-state index is 0.0195. The first-order valence-corrected chi connectivity index (χ1v) is 10.3. The van der Waals surface area contributed by atoms with Crippen molar-refractivity contribution in [2.24, 2.45) is 0 Å². The fourth-order valence-corrected chi connectivity index (χ4v) is 4.84. The van der Waals surface area contributed by atoms with Gasteiger partial charge in [-0.3, -0.25) is 9.78 Å². The molecule has 0 bridgehead atoms. The van der Waals surface area contributed by atoms with Crippen molar-refractivity contribution in [3.05, 3.63) is 52.3 Å². The maximum absolute atomic E-state index is 13.1. The van der Waals surface area contributed by atoms with Gasteiger partial charge in [-0.05, 0) is 17.5 Å². The van der Waals surface area contributed by atoms with E-state index >= 15 is 0 Å². The quantitative estimate of drug-likeness (QED) is 0.652. The summed E-state index contributed by atoms with van der Waals surface area (Å²) in [5, 5.41) is 1.54. The first-order chi connectivity index (χ1) is 13.0. The molecule has 0 spiro atoms. The maximum atomic E-state index is 13.1. The van der Waals surface area contributed by atoms with Crippen LogP contribution in [0, 0.1) is 0 Å². The number of aromatic nitrogens is 2. The van der Waals surface area contributed by atoms with Crippen molar-refractivity contribution < 1.29 is 4.79 Å². The fraction of sp³-hybridized carbons (Fsp3) is 0.350. The molecule has 0 unspecified atom stereocenters. The molecule has 0 saturated carbocycles. The highest BCUT2D eigenvalue weighted by Crippen LogP contribution is 2.37. The third-order valence-electron chi connectivity index (χ3n) is 4.95. The minimum Gasteiger partial charge on any atom is -0.352 e. The molecule has 3 aromatic rings. The van der Waals surface area contributed by atoms with E-state index in [9.17, 15) is 4.79 Å². The monoisotopic (exact) mass is 400 g/mol. The van der Waals surface area contributed by atoms with Crippen LogP contribution in [-0.4, -0.2) is 47.0 Å². The van der Waals surface area contributed by atoms with Gasteiger partial charge in [0, 0.05) is 48.7 Å². The Morgan fingerprint density at radius 3 is 2.63 bits per heavy atom. The summed E-state index contributed by atoms with van der Waals surface area (Å²) in [7, 11) is 0. The van der Waals surface area contributed by atoms with Crippen LogP contribution in [0.3, 0.4) is 0 Å². The number of carbonyl (C=O) groups is 1. The summed E-state index contributed by atoms with van der Waals surface area (Å²) in [6, 6.07) is 6.28.